The molecule has 0 amide bonds. The maximum atomic E-state index is 11.4. The first-order valence-electron chi connectivity index (χ1n) is 7.89. The third kappa shape index (κ3) is 2.25. The van der Waals surface area contributed by atoms with Gasteiger partial charge in [0.25, 0.3) is 0 Å². The van der Waals surface area contributed by atoms with Crippen LogP contribution in [0, 0.1) is 0 Å². The number of fused-ring (bicyclic) bond motifs is 3. The summed E-state index contributed by atoms with van der Waals surface area (Å²) in [6.45, 7) is 5.18. The van der Waals surface area contributed by atoms with Crippen LogP contribution in [-0.4, -0.2) is 15.6 Å². The zero-order valence-electron chi connectivity index (χ0n) is 12.9. The van der Waals surface area contributed by atoms with Crippen molar-refractivity contribution in [3.63, 3.8) is 0 Å². The van der Waals surface area contributed by atoms with Gasteiger partial charge in [-0.25, -0.2) is 0 Å². The monoisotopic (exact) mass is 285 g/mol. The quantitative estimate of drug-likeness (QED) is 0.862. The van der Waals surface area contributed by atoms with Crippen LogP contribution in [0.1, 0.15) is 50.8 Å². The summed E-state index contributed by atoms with van der Waals surface area (Å²) in [5.41, 5.74) is 3.65. The van der Waals surface area contributed by atoms with E-state index in [0.29, 0.717) is 0 Å². The lowest BCUT2D eigenvalue weighted by Crippen LogP contribution is -2.29. The molecule has 0 saturated heterocycles. The van der Waals surface area contributed by atoms with E-state index in [-0.39, 0.29) is 11.8 Å². The van der Waals surface area contributed by atoms with Crippen LogP contribution >= 0.6 is 0 Å². The molecule has 0 radical (unpaired) electrons. The zero-order chi connectivity index (χ0) is 15.0. The van der Waals surface area contributed by atoms with Gasteiger partial charge in [0.2, 0.25) is 0 Å². The Hall–Kier alpha value is -1.77. The highest BCUT2D eigenvalue weighted by Crippen LogP contribution is 2.43. The Morgan fingerprint density at radius 2 is 2.10 bits per heavy atom. The molecular formula is C18H23NO2. The normalized spacial score (nSPS) is 22.0. The van der Waals surface area contributed by atoms with Crippen LogP contribution in [0.2, 0.25) is 0 Å². The van der Waals surface area contributed by atoms with Crippen LogP contribution < -0.4 is 0 Å². The van der Waals surface area contributed by atoms with Gasteiger partial charge in [-0.1, -0.05) is 31.5 Å². The second-order valence-corrected chi connectivity index (χ2v) is 6.43. The topological polar surface area (TPSA) is 42.2 Å². The fraction of sp³-hybridized carbons (Fsp3) is 0.500. The summed E-state index contributed by atoms with van der Waals surface area (Å²) in [6, 6.07) is 8.51. The molecule has 1 unspecified atom stereocenters. The predicted octanol–water partition coefficient (Wildman–Crippen LogP) is 4.12. The van der Waals surface area contributed by atoms with Gasteiger partial charge in [-0.3, -0.25) is 4.79 Å². The lowest BCUT2D eigenvalue weighted by molar-refractivity contribution is -0.138. The molecule has 3 rings (SSSR count). The van der Waals surface area contributed by atoms with Crippen LogP contribution in [0.25, 0.3) is 10.9 Å². The summed E-state index contributed by atoms with van der Waals surface area (Å²) in [6.07, 6.45) is 4.51. The Kier molecular flexibility index (Phi) is 3.52. The number of hydrogen-bond acceptors (Lipinski definition) is 1. The van der Waals surface area contributed by atoms with Gasteiger partial charge in [0.1, 0.15) is 0 Å². The molecule has 0 fully saturated rings. The van der Waals surface area contributed by atoms with Gasteiger partial charge < -0.3 is 9.67 Å². The number of benzene rings is 1. The average Bonchev–Trinajstić information content (AvgIpc) is 2.68. The molecule has 1 aliphatic carbocycles. The molecule has 0 aliphatic heterocycles. The van der Waals surface area contributed by atoms with Crippen LogP contribution in [-0.2, 0) is 23.2 Å². The molecule has 1 atom stereocenters. The summed E-state index contributed by atoms with van der Waals surface area (Å²) >= 11 is 0. The lowest BCUT2D eigenvalue weighted by atomic mass is 9.78. The van der Waals surface area contributed by atoms with Crippen LogP contribution in [0.3, 0.4) is 0 Å². The number of aromatic nitrogens is 1. The molecule has 1 aromatic heterocycles. The summed E-state index contributed by atoms with van der Waals surface area (Å²) in [5.74, 6) is -0.696. The van der Waals surface area contributed by atoms with E-state index in [2.05, 4.69) is 42.7 Å². The number of aryl methyl sites for hydroxylation is 2. The third-order valence-corrected chi connectivity index (χ3v) is 4.91. The van der Waals surface area contributed by atoms with E-state index in [4.69, 9.17) is 0 Å². The molecule has 21 heavy (non-hydrogen) atoms. The smallest absolute Gasteiger partial charge is 0.304 e. The largest absolute Gasteiger partial charge is 0.481 e. The van der Waals surface area contributed by atoms with Gasteiger partial charge in [-0.05, 0) is 37.8 Å². The molecule has 0 saturated carbocycles. The minimum Gasteiger partial charge on any atom is -0.481 e. The fourth-order valence-corrected chi connectivity index (χ4v) is 4.09. The van der Waals surface area contributed by atoms with Crippen molar-refractivity contribution >= 4 is 16.9 Å². The maximum Gasteiger partial charge on any atom is 0.304 e. The lowest BCUT2D eigenvalue weighted by Gasteiger charge is -2.29. The second kappa shape index (κ2) is 5.21. The molecule has 1 aliphatic rings. The molecule has 0 bridgehead atoms. The standard InChI is InChI=1S/C18H23NO2/c1-3-19-15-10-5-4-8-13(15)14-9-6-7-11-18(2,17(14)19)12-16(20)21/h4-5,8,10H,3,6-7,9,11-12H2,1-2H3,(H,20,21). The van der Waals surface area contributed by atoms with Crippen molar-refractivity contribution in [2.45, 2.75) is 57.9 Å². The van der Waals surface area contributed by atoms with Crippen molar-refractivity contribution in [3.8, 4) is 0 Å². The van der Waals surface area contributed by atoms with E-state index in [9.17, 15) is 9.90 Å². The molecular weight excluding hydrogens is 262 g/mol. The number of carboxylic acid groups (broad SMARTS) is 1. The van der Waals surface area contributed by atoms with E-state index in [0.717, 1.165) is 32.2 Å². The van der Waals surface area contributed by atoms with E-state index >= 15 is 0 Å². The average molecular weight is 285 g/mol. The van der Waals surface area contributed by atoms with Crippen molar-refractivity contribution in [2.75, 3.05) is 0 Å². The predicted molar refractivity (Wildman–Crippen MR) is 84.8 cm³/mol. The van der Waals surface area contributed by atoms with Gasteiger partial charge in [-0.15, -0.1) is 0 Å². The van der Waals surface area contributed by atoms with Gasteiger partial charge >= 0.3 is 5.97 Å². The molecule has 3 heteroatoms. The summed E-state index contributed by atoms with van der Waals surface area (Å²) < 4.78 is 2.35. The van der Waals surface area contributed by atoms with Crippen molar-refractivity contribution < 1.29 is 9.90 Å². The third-order valence-electron chi connectivity index (χ3n) is 4.91. The molecule has 1 aromatic carbocycles. The Morgan fingerprint density at radius 1 is 1.33 bits per heavy atom. The van der Waals surface area contributed by atoms with Crippen molar-refractivity contribution in [1.29, 1.82) is 0 Å². The first-order valence-corrected chi connectivity index (χ1v) is 7.89. The van der Waals surface area contributed by atoms with Gasteiger partial charge in [-0.2, -0.15) is 0 Å². The Morgan fingerprint density at radius 3 is 2.81 bits per heavy atom. The van der Waals surface area contributed by atoms with Crippen molar-refractivity contribution in [3.05, 3.63) is 35.5 Å². The minimum absolute atomic E-state index is 0.219. The highest BCUT2D eigenvalue weighted by molar-refractivity contribution is 5.86. The molecule has 3 nitrogen and oxygen atoms in total. The molecule has 2 aromatic rings. The molecule has 1 N–H and O–H groups in total. The summed E-state index contributed by atoms with van der Waals surface area (Å²) in [5, 5.41) is 10.7. The van der Waals surface area contributed by atoms with E-state index in [1.54, 1.807) is 0 Å². The van der Waals surface area contributed by atoms with E-state index in [1.807, 2.05) is 0 Å². The number of rotatable bonds is 3. The number of para-hydroxylation sites is 1. The number of nitrogens with zero attached hydrogens (tertiary/aromatic N) is 1. The van der Waals surface area contributed by atoms with Gasteiger partial charge in [0, 0.05) is 28.6 Å². The highest BCUT2D eigenvalue weighted by Gasteiger charge is 2.37. The first kappa shape index (κ1) is 14.2. The molecule has 0 spiro atoms. The van der Waals surface area contributed by atoms with E-state index in [1.165, 1.54) is 22.2 Å². The fourth-order valence-electron chi connectivity index (χ4n) is 4.09. The SMILES string of the molecule is CCn1c2c(c3ccccc31)CCCCC2(C)CC(=O)O. The number of hydrogen-bond donors (Lipinski definition) is 1. The number of aliphatic carboxylic acids is 1. The van der Waals surface area contributed by atoms with Crippen LogP contribution in [0.4, 0.5) is 0 Å². The molecule has 112 valence electrons. The number of carbonyl (C=O) groups is 1. The first-order chi connectivity index (χ1) is 10.1. The summed E-state index contributed by atoms with van der Waals surface area (Å²) in [4.78, 5) is 11.4. The van der Waals surface area contributed by atoms with E-state index < -0.39 is 5.97 Å². The Labute approximate surface area is 125 Å². The molecule has 1 heterocycles. The maximum absolute atomic E-state index is 11.4. The van der Waals surface area contributed by atoms with Crippen molar-refractivity contribution in [2.24, 2.45) is 0 Å². The highest BCUT2D eigenvalue weighted by atomic mass is 16.4. The van der Waals surface area contributed by atoms with Crippen LogP contribution in [0.15, 0.2) is 24.3 Å². The minimum atomic E-state index is -0.696. The van der Waals surface area contributed by atoms with Gasteiger partial charge in [0.15, 0.2) is 0 Å². The van der Waals surface area contributed by atoms with Crippen molar-refractivity contribution in [1.82, 2.24) is 4.57 Å². The van der Waals surface area contributed by atoms with Gasteiger partial charge in [0.05, 0.1) is 6.42 Å². The Bertz CT molecular complexity index is 686. The van der Waals surface area contributed by atoms with Crippen LogP contribution in [0.5, 0.6) is 0 Å². The Balaban J connectivity index is 2.30. The zero-order valence-corrected chi connectivity index (χ0v) is 12.9. The summed E-state index contributed by atoms with van der Waals surface area (Å²) in [7, 11) is 0. The second-order valence-electron chi connectivity index (χ2n) is 6.43. The number of carboxylic acids is 1.